The van der Waals surface area contributed by atoms with E-state index in [9.17, 15) is 5.11 Å². The van der Waals surface area contributed by atoms with Crippen LogP contribution in [0.25, 0.3) is 0 Å². The largest absolute Gasteiger partial charge is 0.389 e. The van der Waals surface area contributed by atoms with E-state index in [0.29, 0.717) is 0 Å². The molecule has 1 fully saturated rings. The van der Waals surface area contributed by atoms with Crippen molar-refractivity contribution in [2.75, 3.05) is 20.6 Å². The Balaban J connectivity index is 2.23. The Morgan fingerprint density at radius 3 is 2.29 bits per heavy atom. The molecule has 1 saturated carbocycles. The third-order valence-corrected chi connectivity index (χ3v) is 4.22. The van der Waals surface area contributed by atoms with E-state index < -0.39 is 5.60 Å². The number of rotatable bonds is 4. The van der Waals surface area contributed by atoms with Crippen molar-refractivity contribution in [3.63, 3.8) is 0 Å². The maximum atomic E-state index is 10.6. The Labute approximate surface area is 112 Å². The molecule has 17 heavy (non-hydrogen) atoms. The van der Waals surface area contributed by atoms with Gasteiger partial charge < -0.3 is 10.0 Å². The van der Waals surface area contributed by atoms with Gasteiger partial charge in [-0.15, -0.1) is 0 Å². The third kappa shape index (κ3) is 2.90. The van der Waals surface area contributed by atoms with Gasteiger partial charge in [0, 0.05) is 16.9 Å². The zero-order valence-electron chi connectivity index (χ0n) is 10.5. The van der Waals surface area contributed by atoms with Crippen molar-refractivity contribution in [1.29, 1.82) is 0 Å². The van der Waals surface area contributed by atoms with Gasteiger partial charge in [-0.1, -0.05) is 28.1 Å². The highest BCUT2D eigenvalue weighted by Crippen LogP contribution is 2.43. The lowest BCUT2D eigenvalue weighted by molar-refractivity contribution is -0.0622. The first kappa shape index (κ1) is 13.1. The van der Waals surface area contributed by atoms with Crippen LogP contribution in [-0.2, 0) is 0 Å². The maximum Gasteiger partial charge on any atom is 0.0728 e. The monoisotopic (exact) mass is 297 g/mol. The van der Waals surface area contributed by atoms with Gasteiger partial charge >= 0.3 is 0 Å². The van der Waals surface area contributed by atoms with Gasteiger partial charge in [0.05, 0.1) is 5.60 Å². The number of aliphatic hydroxyl groups is 1. The highest BCUT2D eigenvalue weighted by Gasteiger charge is 2.42. The highest BCUT2D eigenvalue weighted by molar-refractivity contribution is 9.10. The summed E-state index contributed by atoms with van der Waals surface area (Å²) in [6.45, 7) is 0.901. The molecule has 1 aromatic rings. The minimum Gasteiger partial charge on any atom is -0.389 e. The SMILES string of the molecule is CN(C)C[C@@H](c1ccc(Br)cc1)C1(O)CCC1. The molecule has 0 radical (unpaired) electrons. The van der Waals surface area contributed by atoms with Crippen molar-refractivity contribution in [2.24, 2.45) is 0 Å². The first-order valence-electron chi connectivity index (χ1n) is 6.14. The second kappa shape index (κ2) is 5.09. The van der Waals surface area contributed by atoms with Gasteiger partial charge in [-0.2, -0.15) is 0 Å². The lowest BCUT2D eigenvalue weighted by atomic mass is 9.68. The van der Waals surface area contributed by atoms with Crippen LogP contribution in [0.2, 0.25) is 0 Å². The van der Waals surface area contributed by atoms with Crippen LogP contribution in [0.3, 0.4) is 0 Å². The van der Waals surface area contributed by atoms with Crippen LogP contribution >= 0.6 is 15.9 Å². The number of hydrogen-bond acceptors (Lipinski definition) is 2. The normalized spacial score (nSPS) is 20.1. The quantitative estimate of drug-likeness (QED) is 0.923. The van der Waals surface area contributed by atoms with Gasteiger partial charge in [0.1, 0.15) is 0 Å². The van der Waals surface area contributed by atoms with Crippen LogP contribution in [-0.4, -0.2) is 36.2 Å². The van der Waals surface area contributed by atoms with Gasteiger partial charge in [-0.05, 0) is 51.1 Å². The number of nitrogens with zero attached hydrogens (tertiary/aromatic N) is 1. The average molecular weight is 298 g/mol. The van der Waals surface area contributed by atoms with Crippen LogP contribution in [0, 0.1) is 0 Å². The van der Waals surface area contributed by atoms with Gasteiger partial charge in [-0.25, -0.2) is 0 Å². The Morgan fingerprint density at radius 2 is 1.88 bits per heavy atom. The minimum atomic E-state index is -0.488. The van der Waals surface area contributed by atoms with E-state index in [2.05, 4.69) is 59.2 Å². The second-order valence-electron chi connectivity index (χ2n) is 5.32. The number of hydrogen-bond donors (Lipinski definition) is 1. The van der Waals surface area contributed by atoms with Crippen molar-refractivity contribution in [1.82, 2.24) is 4.90 Å². The zero-order chi connectivity index (χ0) is 12.5. The molecule has 2 rings (SSSR count). The lowest BCUT2D eigenvalue weighted by Crippen LogP contribution is -2.46. The van der Waals surface area contributed by atoms with E-state index >= 15 is 0 Å². The molecular formula is C14H20BrNO. The van der Waals surface area contributed by atoms with Gasteiger partial charge in [0.2, 0.25) is 0 Å². The van der Waals surface area contributed by atoms with Crippen molar-refractivity contribution < 1.29 is 5.11 Å². The molecule has 94 valence electrons. The Bertz CT molecular complexity index is 370. The summed E-state index contributed by atoms with van der Waals surface area (Å²) >= 11 is 3.45. The van der Waals surface area contributed by atoms with E-state index in [4.69, 9.17) is 0 Å². The summed E-state index contributed by atoms with van der Waals surface area (Å²) in [5, 5.41) is 10.6. The Kier molecular flexibility index (Phi) is 3.91. The molecule has 1 N–H and O–H groups in total. The van der Waals surface area contributed by atoms with Crippen LogP contribution in [0.15, 0.2) is 28.7 Å². The molecule has 3 heteroatoms. The first-order valence-corrected chi connectivity index (χ1v) is 6.93. The molecule has 1 atom stereocenters. The number of benzene rings is 1. The van der Waals surface area contributed by atoms with Crippen molar-refractivity contribution in [2.45, 2.75) is 30.8 Å². The molecule has 0 aliphatic heterocycles. The fourth-order valence-corrected chi connectivity index (χ4v) is 2.80. The highest BCUT2D eigenvalue weighted by atomic mass is 79.9. The Morgan fingerprint density at radius 1 is 1.29 bits per heavy atom. The topological polar surface area (TPSA) is 23.5 Å². The smallest absolute Gasteiger partial charge is 0.0728 e. The van der Waals surface area contributed by atoms with E-state index in [1.807, 2.05) is 0 Å². The van der Waals surface area contributed by atoms with Gasteiger partial charge in [0.25, 0.3) is 0 Å². The fraction of sp³-hybridized carbons (Fsp3) is 0.571. The molecule has 1 aromatic carbocycles. The fourth-order valence-electron chi connectivity index (χ4n) is 2.53. The van der Waals surface area contributed by atoms with E-state index in [1.54, 1.807) is 0 Å². The van der Waals surface area contributed by atoms with Crippen molar-refractivity contribution >= 4 is 15.9 Å². The summed E-state index contributed by atoms with van der Waals surface area (Å²) < 4.78 is 1.09. The van der Waals surface area contributed by atoms with Crippen LogP contribution < -0.4 is 0 Å². The standard InChI is InChI=1S/C14H20BrNO/c1-16(2)10-13(14(17)8-3-9-14)11-4-6-12(15)7-5-11/h4-7,13,17H,3,8-10H2,1-2H3/t13-/m0/s1. The molecule has 0 saturated heterocycles. The molecule has 0 amide bonds. The van der Waals surface area contributed by atoms with E-state index in [0.717, 1.165) is 30.3 Å². The van der Waals surface area contributed by atoms with Crippen LogP contribution in [0.1, 0.15) is 30.7 Å². The van der Waals surface area contributed by atoms with E-state index in [-0.39, 0.29) is 5.92 Å². The van der Waals surface area contributed by atoms with Gasteiger partial charge in [-0.3, -0.25) is 0 Å². The molecule has 2 nitrogen and oxygen atoms in total. The lowest BCUT2D eigenvalue weighted by Gasteiger charge is -2.44. The molecule has 0 heterocycles. The zero-order valence-corrected chi connectivity index (χ0v) is 12.1. The summed E-state index contributed by atoms with van der Waals surface area (Å²) in [5.41, 5.74) is 0.752. The molecule has 0 aromatic heterocycles. The Hall–Kier alpha value is -0.380. The molecule has 1 aliphatic carbocycles. The average Bonchev–Trinajstić information content (AvgIpc) is 2.24. The molecule has 0 bridgehead atoms. The second-order valence-corrected chi connectivity index (χ2v) is 6.24. The van der Waals surface area contributed by atoms with E-state index in [1.165, 1.54) is 5.56 Å². The first-order chi connectivity index (χ1) is 8.01. The summed E-state index contributed by atoms with van der Waals surface area (Å²) in [4.78, 5) is 2.16. The predicted molar refractivity (Wildman–Crippen MR) is 74.2 cm³/mol. The van der Waals surface area contributed by atoms with Crippen molar-refractivity contribution in [3.05, 3.63) is 34.3 Å². The summed E-state index contributed by atoms with van der Waals surface area (Å²) in [6.07, 6.45) is 3.01. The number of likely N-dealkylation sites (N-methyl/N-ethyl adjacent to an activating group) is 1. The third-order valence-electron chi connectivity index (χ3n) is 3.69. The predicted octanol–water partition coefficient (Wildman–Crippen LogP) is 3.01. The molecule has 0 spiro atoms. The summed E-state index contributed by atoms with van der Waals surface area (Å²) in [5.74, 6) is 0.222. The molecular weight excluding hydrogens is 278 g/mol. The minimum absolute atomic E-state index is 0.222. The molecule has 0 unspecified atom stereocenters. The number of halogens is 1. The molecule has 1 aliphatic rings. The van der Waals surface area contributed by atoms with Gasteiger partial charge in [0.15, 0.2) is 0 Å². The summed E-state index contributed by atoms with van der Waals surface area (Å²) in [7, 11) is 4.13. The summed E-state index contributed by atoms with van der Waals surface area (Å²) in [6, 6.07) is 8.35. The van der Waals surface area contributed by atoms with Crippen LogP contribution in [0.4, 0.5) is 0 Å². The van der Waals surface area contributed by atoms with Crippen molar-refractivity contribution in [3.8, 4) is 0 Å². The maximum absolute atomic E-state index is 10.6. The van der Waals surface area contributed by atoms with Crippen LogP contribution in [0.5, 0.6) is 0 Å².